The molecule has 4 rings (SSSR count). The van der Waals surface area contributed by atoms with Crippen molar-refractivity contribution in [2.45, 2.75) is 32.7 Å². The summed E-state index contributed by atoms with van der Waals surface area (Å²) >= 11 is 6.41. The van der Waals surface area contributed by atoms with Crippen molar-refractivity contribution >= 4 is 28.3 Å². The van der Waals surface area contributed by atoms with Crippen LogP contribution in [0, 0.1) is 6.92 Å². The first-order valence-corrected chi connectivity index (χ1v) is 10.6. The lowest BCUT2D eigenvalue weighted by molar-refractivity contribution is 0.827. The Bertz CT molecular complexity index is 1150. The van der Waals surface area contributed by atoms with Gasteiger partial charge in [0.2, 0.25) is 0 Å². The van der Waals surface area contributed by atoms with Gasteiger partial charge in [0, 0.05) is 28.7 Å². The van der Waals surface area contributed by atoms with Crippen molar-refractivity contribution in [1.82, 2.24) is 14.8 Å². The zero-order valence-electron chi connectivity index (χ0n) is 17.3. The molecule has 2 aromatic carbocycles. The van der Waals surface area contributed by atoms with Gasteiger partial charge in [-0.2, -0.15) is 5.10 Å². The number of nitrogens with two attached hydrogens (primary N) is 1. The number of pyridine rings is 1. The van der Waals surface area contributed by atoms with Crippen LogP contribution in [0.1, 0.15) is 36.2 Å². The standard InChI is InChI=1S/C24H26ClN5/c1-16(19-8-4-3-5-9-19)28-24-14-23-22(15-27-24)17(2)29-30(23)21-12-18(7-6-10-26)11-20(25)13-21/h3-5,8-9,11-16H,6-7,10,26H2,1-2H3,(H,27,28)/t16-/m0/s1. The largest absolute Gasteiger partial charge is 0.363 e. The van der Waals surface area contributed by atoms with Crippen molar-refractivity contribution in [3.63, 3.8) is 0 Å². The number of halogens is 1. The summed E-state index contributed by atoms with van der Waals surface area (Å²) in [5.41, 5.74) is 10.9. The van der Waals surface area contributed by atoms with E-state index in [-0.39, 0.29) is 6.04 Å². The molecule has 5 nitrogen and oxygen atoms in total. The fourth-order valence-corrected chi connectivity index (χ4v) is 3.94. The van der Waals surface area contributed by atoms with E-state index in [9.17, 15) is 0 Å². The topological polar surface area (TPSA) is 68.8 Å². The van der Waals surface area contributed by atoms with Crippen LogP contribution in [0.25, 0.3) is 16.6 Å². The SMILES string of the molecule is Cc1nn(-c2cc(Cl)cc(CCCN)c2)c2cc(N[C@@H](C)c3ccccc3)ncc12. The first-order chi connectivity index (χ1) is 14.5. The van der Waals surface area contributed by atoms with Crippen LogP contribution in [0.4, 0.5) is 5.82 Å². The summed E-state index contributed by atoms with van der Waals surface area (Å²) in [6, 6.07) is 18.6. The van der Waals surface area contributed by atoms with E-state index >= 15 is 0 Å². The number of hydrogen-bond acceptors (Lipinski definition) is 4. The lowest BCUT2D eigenvalue weighted by Gasteiger charge is -2.15. The summed E-state index contributed by atoms with van der Waals surface area (Å²) in [6.07, 6.45) is 3.70. The molecule has 0 radical (unpaired) electrons. The fourth-order valence-electron chi connectivity index (χ4n) is 3.69. The number of aromatic nitrogens is 3. The van der Waals surface area contributed by atoms with Gasteiger partial charge in [0.1, 0.15) is 5.82 Å². The van der Waals surface area contributed by atoms with Crippen molar-refractivity contribution in [3.05, 3.63) is 82.6 Å². The monoisotopic (exact) mass is 419 g/mol. The summed E-state index contributed by atoms with van der Waals surface area (Å²) in [5, 5.41) is 9.99. The normalized spacial score (nSPS) is 12.3. The van der Waals surface area contributed by atoms with Crippen molar-refractivity contribution in [1.29, 1.82) is 0 Å². The van der Waals surface area contributed by atoms with Crippen LogP contribution in [-0.2, 0) is 6.42 Å². The predicted molar refractivity (Wildman–Crippen MR) is 124 cm³/mol. The number of fused-ring (bicyclic) bond motifs is 1. The first-order valence-electron chi connectivity index (χ1n) is 10.2. The molecule has 0 saturated heterocycles. The second-order valence-corrected chi connectivity index (χ2v) is 8.01. The molecule has 154 valence electrons. The van der Waals surface area contributed by atoms with Crippen LogP contribution in [0.2, 0.25) is 5.02 Å². The van der Waals surface area contributed by atoms with Gasteiger partial charge in [-0.15, -0.1) is 0 Å². The average molecular weight is 420 g/mol. The molecule has 0 aliphatic heterocycles. The Labute approximate surface area is 181 Å². The molecule has 4 aromatic rings. The van der Waals surface area contributed by atoms with E-state index in [0.717, 1.165) is 46.5 Å². The summed E-state index contributed by atoms with van der Waals surface area (Å²) in [4.78, 5) is 4.61. The predicted octanol–water partition coefficient (Wildman–Crippen LogP) is 5.45. The number of hydrogen-bond donors (Lipinski definition) is 2. The molecule has 2 aromatic heterocycles. The minimum Gasteiger partial charge on any atom is -0.363 e. The molecule has 0 aliphatic rings. The van der Waals surface area contributed by atoms with Gasteiger partial charge in [-0.3, -0.25) is 0 Å². The Morgan fingerprint density at radius 2 is 1.93 bits per heavy atom. The van der Waals surface area contributed by atoms with E-state index in [1.807, 2.05) is 48.1 Å². The van der Waals surface area contributed by atoms with E-state index in [1.165, 1.54) is 5.56 Å². The van der Waals surface area contributed by atoms with Gasteiger partial charge < -0.3 is 11.1 Å². The zero-order valence-corrected chi connectivity index (χ0v) is 18.0. The van der Waals surface area contributed by atoms with Gasteiger partial charge >= 0.3 is 0 Å². The highest BCUT2D eigenvalue weighted by Crippen LogP contribution is 2.27. The Hall–Kier alpha value is -2.89. The van der Waals surface area contributed by atoms with Crippen LogP contribution >= 0.6 is 11.6 Å². The zero-order chi connectivity index (χ0) is 21.1. The Morgan fingerprint density at radius 3 is 2.70 bits per heavy atom. The maximum absolute atomic E-state index is 6.41. The summed E-state index contributed by atoms with van der Waals surface area (Å²) < 4.78 is 1.95. The molecule has 0 saturated carbocycles. The van der Waals surface area contributed by atoms with Crippen molar-refractivity contribution in [2.75, 3.05) is 11.9 Å². The first kappa shape index (κ1) is 20.4. The lowest BCUT2D eigenvalue weighted by Crippen LogP contribution is -2.08. The number of aryl methyl sites for hydroxylation is 2. The number of anilines is 1. The van der Waals surface area contributed by atoms with Crippen molar-refractivity contribution in [2.24, 2.45) is 5.73 Å². The third-order valence-corrected chi connectivity index (χ3v) is 5.49. The van der Waals surface area contributed by atoms with Gasteiger partial charge in [0.25, 0.3) is 0 Å². The molecule has 3 N–H and O–H groups in total. The highest BCUT2D eigenvalue weighted by molar-refractivity contribution is 6.30. The molecule has 0 unspecified atom stereocenters. The van der Waals surface area contributed by atoms with Crippen LogP contribution in [0.3, 0.4) is 0 Å². The molecular formula is C24H26ClN5. The molecule has 0 aliphatic carbocycles. The van der Waals surface area contributed by atoms with E-state index in [4.69, 9.17) is 22.4 Å². The number of benzene rings is 2. The van der Waals surface area contributed by atoms with E-state index in [1.54, 1.807) is 0 Å². The van der Waals surface area contributed by atoms with Gasteiger partial charge in [-0.05, 0) is 62.6 Å². The smallest absolute Gasteiger partial charge is 0.128 e. The molecule has 30 heavy (non-hydrogen) atoms. The number of nitrogens with one attached hydrogen (secondary N) is 1. The molecule has 0 spiro atoms. The average Bonchev–Trinajstić information content (AvgIpc) is 3.08. The second kappa shape index (κ2) is 8.86. The Morgan fingerprint density at radius 1 is 1.13 bits per heavy atom. The molecule has 0 bridgehead atoms. The van der Waals surface area contributed by atoms with Gasteiger partial charge in [-0.25, -0.2) is 9.67 Å². The minimum atomic E-state index is 0.141. The third kappa shape index (κ3) is 4.32. The maximum atomic E-state index is 6.41. The van der Waals surface area contributed by atoms with Crippen molar-refractivity contribution in [3.8, 4) is 5.69 Å². The fraction of sp³-hybridized carbons (Fsp3) is 0.250. The van der Waals surface area contributed by atoms with E-state index < -0.39 is 0 Å². The van der Waals surface area contributed by atoms with Crippen LogP contribution in [0.15, 0.2) is 60.8 Å². The Balaban J connectivity index is 1.71. The van der Waals surface area contributed by atoms with Gasteiger partial charge in [-0.1, -0.05) is 41.9 Å². The molecule has 1 atom stereocenters. The second-order valence-electron chi connectivity index (χ2n) is 7.57. The van der Waals surface area contributed by atoms with Gasteiger partial charge in [0.15, 0.2) is 0 Å². The summed E-state index contributed by atoms with van der Waals surface area (Å²) in [5.74, 6) is 0.811. The third-order valence-electron chi connectivity index (χ3n) is 5.27. The molecule has 0 fully saturated rings. The highest BCUT2D eigenvalue weighted by atomic mass is 35.5. The number of rotatable bonds is 7. The van der Waals surface area contributed by atoms with Crippen LogP contribution < -0.4 is 11.1 Å². The summed E-state index contributed by atoms with van der Waals surface area (Å²) in [7, 11) is 0. The van der Waals surface area contributed by atoms with Gasteiger partial charge in [0.05, 0.1) is 16.9 Å². The Kier molecular flexibility index (Phi) is 6.02. The molecule has 2 heterocycles. The molecule has 6 heteroatoms. The van der Waals surface area contributed by atoms with Crippen LogP contribution in [0.5, 0.6) is 0 Å². The quantitative estimate of drug-likeness (QED) is 0.418. The molecule has 0 amide bonds. The van der Waals surface area contributed by atoms with Crippen LogP contribution in [-0.4, -0.2) is 21.3 Å². The highest BCUT2D eigenvalue weighted by Gasteiger charge is 2.13. The summed E-state index contributed by atoms with van der Waals surface area (Å²) in [6.45, 7) is 4.79. The minimum absolute atomic E-state index is 0.141. The van der Waals surface area contributed by atoms with Crippen molar-refractivity contribution < 1.29 is 0 Å². The van der Waals surface area contributed by atoms with E-state index in [0.29, 0.717) is 11.6 Å². The number of nitrogens with zero attached hydrogens (tertiary/aromatic N) is 3. The lowest BCUT2D eigenvalue weighted by atomic mass is 10.1. The molecular weight excluding hydrogens is 394 g/mol. The van der Waals surface area contributed by atoms with E-state index in [2.05, 4.69) is 41.5 Å². The maximum Gasteiger partial charge on any atom is 0.128 e.